The molecule has 0 spiro atoms. The van der Waals surface area contributed by atoms with Crippen LogP contribution in [-0.4, -0.2) is 49.0 Å². The molecule has 2 aliphatic rings. The molecule has 0 radical (unpaired) electrons. The first-order valence-corrected chi connectivity index (χ1v) is 7.54. The van der Waals surface area contributed by atoms with Gasteiger partial charge in [0.25, 0.3) is 0 Å². The summed E-state index contributed by atoms with van der Waals surface area (Å²) in [6, 6.07) is 0.245. The number of carbonyl (C=O) groups excluding carboxylic acids is 1. The van der Waals surface area contributed by atoms with Gasteiger partial charge in [0.2, 0.25) is 5.91 Å². The first-order valence-electron chi connectivity index (χ1n) is 7.54. The van der Waals surface area contributed by atoms with Crippen LogP contribution in [0.2, 0.25) is 0 Å². The topological polar surface area (TPSA) is 70.6 Å². The van der Waals surface area contributed by atoms with E-state index in [2.05, 4.69) is 10.6 Å². The van der Waals surface area contributed by atoms with Crippen LogP contribution in [0.5, 0.6) is 0 Å². The second-order valence-corrected chi connectivity index (χ2v) is 5.64. The molecule has 5 heteroatoms. The number of rotatable bonds is 5. The quantitative estimate of drug-likeness (QED) is 0.683. The van der Waals surface area contributed by atoms with Crippen LogP contribution in [0.15, 0.2) is 0 Å². The van der Waals surface area contributed by atoms with E-state index in [0.29, 0.717) is 19.1 Å². The molecule has 1 saturated heterocycles. The average molecular weight is 270 g/mol. The van der Waals surface area contributed by atoms with E-state index in [9.17, 15) is 9.90 Å². The molecule has 1 aliphatic heterocycles. The molecule has 0 aromatic heterocycles. The molecule has 1 amide bonds. The van der Waals surface area contributed by atoms with E-state index in [-0.39, 0.29) is 18.1 Å². The Morgan fingerprint density at radius 1 is 1.16 bits per heavy atom. The third-order valence-corrected chi connectivity index (χ3v) is 4.03. The number of aliphatic hydroxyl groups excluding tert-OH is 1. The van der Waals surface area contributed by atoms with Crippen molar-refractivity contribution in [2.45, 2.75) is 63.2 Å². The molecule has 1 aliphatic carbocycles. The molecule has 2 rings (SSSR count). The lowest BCUT2D eigenvalue weighted by atomic mass is 9.93. The lowest BCUT2D eigenvalue weighted by molar-refractivity contribution is -0.123. The Balaban J connectivity index is 1.54. The number of amides is 1. The van der Waals surface area contributed by atoms with Gasteiger partial charge in [-0.2, -0.15) is 0 Å². The van der Waals surface area contributed by atoms with Gasteiger partial charge in [0.1, 0.15) is 0 Å². The van der Waals surface area contributed by atoms with Crippen LogP contribution in [0.25, 0.3) is 0 Å². The van der Waals surface area contributed by atoms with Crippen molar-refractivity contribution >= 4 is 5.91 Å². The van der Waals surface area contributed by atoms with Gasteiger partial charge in [0, 0.05) is 12.5 Å². The molecule has 0 aromatic carbocycles. The van der Waals surface area contributed by atoms with Gasteiger partial charge in [-0.05, 0) is 51.6 Å². The summed E-state index contributed by atoms with van der Waals surface area (Å²) < 4.78 is 5.72. The number of piperidine rings is 1. The third-order valence-electron chi connectivity index (χ3n) is 4.03. The summed E-state index contributed by atoms with van der Waals surface area (Å²) in [6.07, 6.45) is 6.07. The molecule has 0 atom stereocenters. The van der Waals surface area contributed by atoms with Gasteiger partial charge in [-0.3, -0.25) is 4.79 Å². The SMILES string of the molecule is O=C(CCOC1CCNCC1)NC1CCC(O)CC1. The molecule has 1 heterocycles. The number of aliphatic hydroxyl groups is 1. The smallest absolute Gasteiger partial charge is 0.222 e. The minimum atomic E-state index is -0.170. The minimum absolute atomic E-state index is 0.0790. The zero-order chi connectivity index (χ0) is 13.5. The lowest BCUT2D eigenvalue weighted by Crippen LogP contribution is -2.39. The molecular weight excluding hydrogens is 244 g/mol. The molecule has 5 nitrogen and oxygen atoms in total. The van der Waals surface area contributed by atoms with E-state index in [1.807, 2.05) is 0 Å². The highest BCUT2D eigenvalue weighted by molar-refractivity contribution is 5.76. The zero-order valence-electron chi connectivity index (χ0n) is 11.6. The Hall–Kier alpha value is -0.650. The molecule has 0 unspecified atom stereocenters. The van der Waals surface area contributed by atoms with Crippen molar-refractivity contribution in [3.63, 3.8) is 0 Å². The zero-order valence-corrected chi connectivity index (χ0v) is 11.6. The van der Waals surface area contributed by atoms with Gasteiger partial charge in [-0.25, -0.2) is 0 Å². The van der Waals surface area contributed by atoms with Crippen molar-refractivity contribution in [3.8, 4) is 0 Å². The second kappa shape index (κ2) is 7.82. The molecule has 19 heavy (non-hydrogen) atoms. The Kier molecular flexibility index (Phi) is 6.07. The van der Waals surface area contributed by atoms with Crippen molar-refractivity contribution < 1.29 is 14.6 Å². The summed E-state index contributed by atoms with van der Waals surface area (Å²) >= 11 is 0. The highest BCUT2D eigenvalue weighted by atomic mass is 16.5. The summed E-state index contributed by atoms with van der Waals surface area (Å²) in [5, 5.41) is 15.7. The minimum Gasteiger partial charge on any atom is -0.393 e. The first-order chi connectivity index (χ1) is 9.24. The Labute approximate surface area is 115 Å². The van der Waals surface area contributed by atoms with Crippen molar-refractivity contribution in [2.75, 3.05) is 19.7 Å². The van der Waals surface area contributed by atoms with E-state index in [4.69, 9.17) is 4.74 Å². The second-order valence-electron chi connectivity index (χ2n) is 5.64. The van der Waals surface area contributed by atoms with Crippen LogP contribution >= 0.6 is 0 Å². The van der Waals surface area contributed by atoms with Gasteiger partial charge < -0.3 is 20.5 Å². The largest absolute Gasteiger partial charge is 0.393 e. The van der Waals surface area contributed by atoms with Gasteiger partial charge in [-0.15, -0.1) is 0 Å². The van der Waals surface area contributed by atoms with Gasteiger partial charge in [0.05, 0.1) is 18.8 Å². The number of hydrogen-bond acceptors (Lipinski definition) is 4. The summed E-state index contributed by atoms with van der Waals surface area (Å²) in [5.74, 6) is 0.0790. The van der Waals surface area contributed by atoms with E-state index in [0.717, 1.165) is 51.6 Å². The monoisotopic (exact) mass is 270 g/mol. The maximum Gasteiger partial charge on any atom is 0.222 e. The molecule has 0 bridgehead atoms. The summed E-state index contributed by atoms with van der Waals surface area (Å²) in [5.41, 5.74) is 0. The van der Waals surface area contributed by atoms with Gasteiger partial charge >= 0.3 is 0 Å². The average Bonchev–Trinajstić information content (AvgIpc) is 2.43. The predicted molar refractivity (Wildman–Crippen MR) is 72.9 cm³/mol. The number of ether oxygens (including phenoxy) is 1. The normalized spacial score (nSPS) is 29.1. The van der Waals surface area contributed by atoms with Crippen LogP contribution in [0, 0.1) is 0 Å². The number of hydrogen-bond donors (Lipinski definition) is 3. The molecule has 1 saturated carbocycles. The Morgan fingerprint density at radius 2 is 1.84 bits per heavy atom. The fourth-order valence-electron chi connectivity index (χ4n) is 2.80. The molecular formula is C14H26N2O3. The highest BCUT2D eigenvalue weighted by Crippen LogP contribution is 2.18. The van der Waals surface area contributed by atoms with Crippen LogP contribution in [0.3, 0.4) is 0 Å². The Bertz CT molecular complexity index is 272. The van der Waals surface area contributed by atoms with Crippen LogP contribution in [0.1, 0.15) is 44.9 Å². The van der Waals surface area contributed by atoms with Gasteiger partial charge in [-0.1, -0.05) is 0 Å². The summed E-state index contributed by atoms with van der Waals surface area (Å²) in [4.78, 5) is 11.8. The first kappa shape index (κ1) is 14.8. The third kappa shape index (κ3) is 5.47. The van der Waals surface area contributed by atoms with Crippen molar-refractivity contribution in [3.05, 3.63) is 0 Å². The predicted octanol–water partition coefficient (Wildman–Crippen LogP) is 0.565. The van der Waals surface area contributed by atoms with E-state index in [1.165, 1.54) is 0 Å². The summed E-state index contributed by atoms with van der Waals surface area (Å²) in [7, 11) is 0. The van der Waals surface area contributed by atoms with Crippen molar-refractivity contribution in [2.24, 2.45) is 0 Å². The molecule has 3 N–H and O–H groups in total. The maximum absolute atomic E-state index is 11.8. The maximum atomic E-state index is 11.8. The standard InChI is InChI=1S/C14H26N2O3/c17-12-3-1-11(2-4-12)16-14(18)7-10-19-13-5-8-15-9-6-13/h11-13,15,17H,1-10H2,(H,16,18). The molecule has 2 fully saturated rings. The van der Waals surface area contributed by atoms with Gasteiger partial charge in [0.15, 0.2) is 0 Å². The number of carbonyl (C=O) groups is 1. The lowest BCUT2D eigenvalue weighted by Gasteiger charge is -2.26. The summed E-state index contributed by atoms with van der Waals surface area (Å²) in [6.45, 7) is 2.55. The number of nitrogens with one attached hydrogen (secondary N) is 2. The fraction of sp³-hybridized carbons (Fsp3) is 0.929. The highest BCUT2D eigenvalue weighted by Gasteiger charge is 2.20. The molecule has 110 valence electrons. The van der Waals surface area contributed by atoms with Crippen molar-refractivity contribution in [1.82, 2.24) is 10.6 Å². The fourth-order valence-corrected chi connectivity index (χ4v) is 2.80. The molecule has 0 aromatic rings. The van der Waals surface area contributed by atoms with E-state index >= 15 is 0 Å². The van der Waals surface area contributed by atoms with E-state index in [1.54, 1.807) is 0 Å². The van der Waals surface area contributed by atoms with E-state index < -0.39 is 0 Å². The van der Waals surface area contributed by atoms with Crippen LogP contribution in [-0.2, 0) is 9.53 Å². The van der Waals surface area contributed by atoms with Crippen molar-refractivity contribution in [1.29, 1.82) is 0 Å². The van der Waals surface area contributed by atoms with Crippen LogP contribution < -0.4 is 10.6 Å². The van der Waals surface area contributed by atoms with Crippen LogP contribution in [0.4, 0.5) is 0 Å². The Morgan fingerprint density at radius 3 is 2.53 bits per heavy atom.